The predicted molar refractivity (Wildman–Crippen MR) is 137 cm³/mol. The minimum Gasteiger partial charge on any atom is -0.235 e. The molecule has 0 spiro atoms. The maximum absolute atomic E-state index is 4.78. The molecule has 4 heteroatoms. The van der Waals surface area contributed by atoms with Crippen LogP contribution in [0.4, 0.5) is 0 Å². The molecule has 0 aliphatic carbocycles. The fourth-order valence-electron chi connectivity index (χ4n) is 4.50. The van der Waals surface area contributed by atoms with Gasteiger partial charge < -0.3 is 0 Å². The Labute approximate surface area is 189 Å². The highest BCUT2D eigenvalue weighted by Crippen LogP contribution is 2.42. The van der Waals surface area contributed by atoms with Gasteiger partial charge in [0.1, 0.15) is 6.33 Å². The highest BCUT2D eigenvalue weighted by atomic mass is 32.1. The van der Waals surface area contributed by atoms with Gasteiger partial charge >= 0.3 is 0 Å². The number of aromatic nitrogens is 2. The molecule has 0 amide bonds. The molecule has 0 unspecified atom stereocenters. The molecule has 0 aliphatic rings. The first kappa shape index (κ1) is 18.9. The SMILES string of the molecule is Cc1csc2cc3c(cc12)sc1c(-c2cc(C(C)(C)C)c4ccccc4c2)ncnc13. The topological polar surface area (TPSA) is 25.8 Å². The van der Waals surface area contributed by atoms with Crippen molar-refractivity contribution in [1.29, 1.82) is 0 Å². The number of rotatable bonds is 1. The molecule has 6 rings (SSSR count). The minimum absolute atomic E-state index is 0.0454. The fraction of sp³-hybridized carbons (Fsp3) is 0.185. The quantitative estimate of drug-likeness (QED) is 0.257. The van der Waals surface area contributed by atoms with Crippen molar-refractivity contribution in [3.63, 3.8) is 0 Å². The Hall–Kier alpha value is -2.82. The van der Waals surface area contributed by atoms with E-state index in [2.05, 4.69) is 81.6 Å². The molecule has 31 heavy (non-hydrogen) atoms. The zero-order valence-electron chi connectivity index (χ0n) is 18.0. The lowest BCUT2D eigenvalue weighted by Gasteiger charge is -2.22. The van der Waals surface area contributed by atoms with Crippen LogP contribution in [0.25, 0.3) is 52.4 Å². The van der Waals surface area contributed by atoms with Crippen molar-refractivity contribution < 1.29 is 0 Å². The number of hydrogen-bond acceptors (Lipinski definition) is 4. The Bertz CT molecular complexity index is 1630. The van der Waals surface area contributed by atoms with Crippen LogP contribution in [0.1, 0.15) is 31.9 Å². The van der Waals surface area contributed by atoms with E-state index < -0.39 is 0 Å². The monoisotopic (exact) mass is 438 g/mol. The largest absolute Gasteiger partial charge is 0.235 e. The number of thiophene rings is 2. The Morgan fingerprint density at radius 3 is 2.48 bits per heavy atom. The smallest absolute Gasteiger partial charge is 0.116 e. The van der Waals surface area contributed by atoms with Crippen LogP contribution in [0.15, 0.2) is 60.2 Å². The van der Waals surface area contributed by atoms with E-state index >= 15 is 0 Å². The van der Waals surface area contributed by atoms with E-state index in [0.717, 1.165) is 11.2 Å². The van der Waals surface area contributed by atoms with E-state index in [1.807, 2.05) is 22.7 Å². The highest BCUT2D eigenvalue weighted by Gasteiger charge is 2.20. The molecule has 0 N–H and O–H groups in total. The van der Waals surface area contributed by atoms with Gasteiger partial charge in [0.15, 0.2) is 0 Å². The molecule has 0 atom stereocenters. The molecule has 2 nitrogen and oxygen atoms in total. The normalized spacial score (nSPS) is 12.5. The lowest BCUT2D eigenvalue weighted by atomic mass is 9.82. The van der Waals surface area contributed by atoms with Crippen LogP contribution in [0.3, 0.4) is 0 Å². The average Bonchev–Trinajstić information content (AvgIpc) is 3.30. The van der Waals surface area contributed by atoms with Gasteiger partial charge in [0.2, 0.25) is 0 Å². The fourth-order valence-corrected chi connectivity index (χ4v) is 6.65. The van der Waals surface area contributed by atoms with Crippen molar-refractivity contribution in [2.24, 2.45) is 0 Å². The zero-order chi connectivity index (χ0) is 21.3. The summed E-state index contributed by atoms with van der Waals surface area (Å²) in [4.78, 5) is 9.49. The molecule has 0 saturated carbocycles. The van der Waals surface area contributed by atoms with Crippen LogP contribution in [-0.2, 0) is 5.41 Å². The van der Waals surface area contributed by atoms with Gasteiger partial charge in [-0.25, -0.2) is 9.97 Å². The minimum atomic E-state index is 0.0454. The van der Waals surface area contributed by atoms with E-state index in [0.29, 0.717) is 0 Å². The highest BCUT2D eigenvalue weighted by molar-refractivity contribution is 7.26. The summed E-state index contributed by atoms with van der Waals surface area (Å²) in [6.07, 6.45) is 1.72. The molecule has 3 aromatic heterocycles. The molecular formula is C27H22N2S2. The molecule has 0 bridgehead atoms. The molecule has 0 saturated heterocycles. The first-order valence-corrected chi connectivity index (χ1v) is 12.2. The van der Waals surface area contributed by atoms with Gasteiger partial charge in [-0.2, -0.15) is 0 Å². The van der Waals surface area contributed by atoms with E-state index in [4.69, 9.17) is 9.97 Å². The number of fused-ring (bicyclic) bond motifs is 5. The van der Waals surface area contributed by atoms with E-state index in [1.165, 1.54) is 52.3 Å². The number of nitrogens with zero attached hydrogens (tertiary/aromatic N) is 2. The molecule has 3 heterocycles. The molecule has 3 aromatic carbocycles. The summed E-state index contributed by atoms with van der Waals surface area (Å²) in [5.74, 6) is 0. The van der Waals surface area contributed by atoms with Crippen molar-refractivity contribution in [2.75, 3.05) is 0 Å². The summed E-state index contributed by atoms with van der Waals surface area (Å²) < 4.78 is 3.77. The first-order valence-electron chi connectivity index (χ1n) is 10.5. The molecular weight excluding hydrogens is 416 g/mol. The Balaban J connectivity index is 1.68. The molecule has 0 radical (unpaired) electrons. The maximum atomic E-state index is 4.78. The summed E-state index contributed by atoms with van der Waals surface area (Å²) in [5, 5.41) is 7.39. The third kappa shape index (κ3) is 2.89. The third-order valence-corrected chi connectivity index (χ3v) is 8.30. The number of hydrogen-bond donors (Lipinski definition) is 0. The van der Waals surface area contributed by atoms with Gasteiger partial charge in [0, 0.05) is 20.3 Å². The van der Waals surface area contributed by atoms with Crippen molar-refractivity contribution in [3.05, 3.63) is 71.4 Å². The predicted octanol–water partition coefficient (Wildman–Crippen LogP) is 8.49. The van der Waals surface area contributed by atoms with Crippen LogP contribution in [0.2, 0.25) is 0 Å². The van der Waals surface area contributed by atoms with Gasteiger partial charge in [-0.3, -0.25) is 0 Å². The zero-order valence-corrected chi connectivity index (χ0v) is 19.6. The van der Waals surface area contributed by atoms with Crippen molar-refractivity contribution in [3.8, 4) is 11.3 Å². The second-order valence-corrected chi connectivity index (χ2v) is 11.2. The van der Waals surface area contributed by atoms with Crippen molar-refractivity contribution in [2.45, 2.75) is 33.1 Å². The lowest BCUT2D eigenvalue weighted by molar-refractivity contribution is 0.596. The van der Waals surface area contributed by atoms with Gasteiger partial charge in [-0.1, -0.05) is 45.0 Å². The number of benzene rings is 3. The summed E-state index contributed by atoms with van der Waals surface area (Å²) in [5.41, 5.74) is 6.00. The van der Waals surface area contributed by atoms with Crippen LogP contribution < -0.4 is 0 Å². The molecule has 0 aliphatic heterocycles. The standard InChI is InChI=1S/C27H22N2S2/c1-15-13-30-22-12-20-23(11-19(15)22)31-26-24(28-14-29-25(20)26)17-9-16-7-5-6-8-18(16)21(10-17)27(2,3)4/h5-14H,1-4H3. The average molecular weight is 439 g/mol. The molecule has 152 valence electrons. The summed E-state index contributed by atoms with van der Waals surface area (Å²) in [7, 11) is 0. The van der Waals surface area contributed by atoms with E-state index in [-0.39, 0.29) is 5.41 Å². The number of aryl methyl sites for hydroxylation is 1. The second kappa shape index (κ2) is 6.59. The van der Waals surface area contributed by atoms with Crippen molar-refractivity contribution in [1.82, 2.24) is 9.97 Å². The van der Waals surface area contributed by atoms with Gasteiger partial charge in [-0.15, -0.1) is 22.7 Å². The summed E-state index contributed by atoms with van der Waals surface area (Å²) >= 11 is 3.62. The summed E-state index contributed by atoms with van der Waals surface area (Å²) in [6, 6.07) is 17.9. The maximum Gasteiger partial charge on any atom is 0.116 e. The Morgan fingerprint density at radius 2 is 1.65 bits per heavy atom. The third-order valence-electron chi connectivity index (χ3n) is 6.08. The molecule has 0 fully saturated rings. The van der Waals surface area contributed by atoms with E-state index in [9.17, 15) is 0 Å². The Kier molecular flexibility index (Phi) is 4.02. The second-order valence-electron chi connectivity index (χ2n) is 9.26. The van der Waals surface area contributed by atoms with Crippen LogP contribution in [0.5, 0.6) is 0 Å². The van der Waals surface area contributed by atoms with E-state index in [1.54, 1.807) is 6.33 Å². The summed E-state index contributed by atoms with van der Waals surface area (Å²) in [6.45, 7) is 9.03. The first-order chi connectivity index (χ1) is 14.9. The van der Waals surface area contributed by atoms with Gasteiger partial charge in [0.05, 0.1) is 15.9 Å². The van der Waals surface area contributed by atoms with Crippen LogP contribution in [-0.4, -0.2) is 9.97 Å². The van der Waals surface area contributed by atoms with Gasteiger partial charge in [0.25, 0.3) is 0 Å². The van der Waals surface area contributed by atoms with Gasteiger partial charge in [-0.05, 0) is 69.3 Å². The van der Waals surface area contributed by atoms with Crippen LogP contribution in [0, 0.1) is 6.92 Å². The van der Waals surface area contributed by atoms with Crippen molar-refractivity contribution >= 4 is 63.8 Å². The lowest BCUT2D eigenvalue weighted by Crippen LogP contribution is -2.12. The van der Waals surface area contributed by atoms with Crippen LogP contribution >= 0.6 is 22.7 Å². The Morgan fingerprint density at radius 1 is 0.839 bits per heavy atom. The molecule has 6 aromatic rings.